The first-order valence-electron chi connectivity index (χ1n) is 9.72. The lowest BCUT2D eigenvalue weighted by molar-refractivity contribution is 0.0909. The molecule has 0 saturated carbocycles. The van der Waals surface area contributed by atoms with Crippen LogP contribution >= 0.6 is 0 Å². The number of ether oxygens (including phenoxy) is 2. The molecule has 154 valence electrons. The fraction of sp³-hybridized carbons (Fsp3) is 0.217. The SMILES string of the molecule is COc1cccc(OCCn2c([C@@H](C)NC(=O)c3ccco3)nc3ccccc32)c1. The van der Waals surface area contributed by atoms with Crippen LogP contribution in [-0.2, 0) is 6.54 Å². The summed E-state index contributed by atoms with van der Waals surface area (Å²) in [5, 5.41) is 2.95. The van der Waals surface area contributed by atoms with E-state index in [1.807, 2.05) is 55.5 Å². The number of para-hydroxylation sites is 2. The number of benzene rings is 2. The van der Waals surface area contributed by atoms with Gasteiger partial charge in [0.1, 0.15) is 23.9 Å². The molecule has 7 heteroatoms. The van der Waals surface area contributed by atoms with Gasteiger partial charge in [-0.15, -0.1) is 0 Å². The number of carbonyl (C=O) groups is 1. The monoisotopic (exact) mass is 405 g/mol. The number of carbonyl (C=O) groups excluding carboxylic acids is 1. The molecule has 0 aliphatic heterocycles. The molecule has 0 spiro atoms. The first-order valence-corrected chi connectivity index (χ1v) is 9.72. The molecule has 4 rings (SSSR count). The van der Waals surface area contributed by atoms with Crippen LogP contribution in [0.3, 0.4) is 0 Å². The first-order chi connectivity index (χ1) is 14.7. The van der Waals surface area contributed by atoms with Gasteiger partial charge in [0.2, 0.25) is 0 Å². The zero-order chi connectivity index (χ0) is 20.9. The highest BCUT2D eigenvalue weighted by Gasteiger charge is 2.20. The van der Waals surface area contributed by atoms with Gasteiger partial charge in [-0.05, 0) is 43.3 Å². The van der Waals surface area contributed by atoms with Crippen molar-refractivity contribution in [2.45, 2.75) is 19.5 Å². The van der Waals surface area contributed by atoms with E-state index in [4.69, 9.17) is 18.9 Å². The summed E-state index contributed by atoms with van der Waals surface area (Å²) in [6, 6.07) is 18.4. The van der Waals surface area contributed by atoms with Crippen molar-refractivity contribution in [3.8, 4) is 11.5 Å². The zero-order valence-corrected chi connectivity index (χ0v) is 16.9. The van der Waals surface area contributed by atoms with Crippen molar-refractivity contribution < 1.29 is 18.7 Å². The van der Waals surface area contributed by atoms with Crippen molar-refractivity contribution in [3.05, 3.63) is 78.5 Å². The van der Waals surface area contributed by atoms with Crippen molar-refractivity contribution in [1.29, 1.82) is 0 Å². The van der Waals surface area contributed by atoms with Crippen LogP contribution in [-0.4, -0.2) is 29.2 Å². The minimum Gasteiger partial charge on any atom is -0.497 e. The summed E-state index contributed by atoms with van der Waals surface area (Å²) < 4.78 is 18.4. The van der Waals surface area contributed by atoms with Gasteiger partial charge in [-0.3, -0.25) is 4.79 Å². The smallest absolute Gasteiger partial charge is 0.287 e. The lowest BCUT2D eigenvalue weighted by Gasteiger charge is -2.16. The number of nitrogens with one attached hydrogen (secondary N) is 1. The number of amides is 1. The van der Waals surface area contributed by atoms with E-state index < -0.39 is 0 Å². The maximum Gasteiger partial charge on any atom is 0.287 e. The second kappa shape index (κ2) is 8.73. The van der Waals surface area contributed by atoms with Gasteiger partial charge in [-0.2, -0.15) is 0 Å². The van der Waals surface area contributed by atoms with E-state index in [0.717, 1.165) is 28.4 Å². The van der Waals surface area contributed by atoms with E-state index in [1.165, 1.54) is 6.26 Å². The molecule has 2 aromatic carbocycles. The largest absolute Gasteiger partial charge is 0.497 e. The molecule has 7 nitrogen and oxygen atoms in total. The summed E-state index contributed by atoms with van der Waals surface area (Å²) in [6.45, 7) is 2.93. The summed E-state index contributed by atoms with van der Waals surface area (Å²) in [7, 11) is 1.63. The predicted octanol–water partition coefficient (Wildman–Crippen LogP) is 4.21. The Morgan fingerprint density at radius 1 is 1.13 bits per heavy atom. The zero-order valence-electron chi connectivity index (χ0n) is 16.9. The maximum absolute atomic E-state index is 12.4. The van der Waals surface area contributed by atoms with Gasteiger partial charge in [-0.1, -0.05) is 18.2 Å². The number of imidazole rings is 1. The normalized spacial score (nSPS) is 11.9. The molecule has 0 bridgehead atoms. The summed E-state index contributed by atoms with van der Waals surface area (Å²) in [4.78, 5) is 17.1. The molecule has 2 heterocycles. The Hall–Kier alpha value is -3.74. The minimum atomic E-state index is -0.313. The molecule has 30 heavy (non-hydrogen) atoms. The van der Waals surface area contributed by atoms with E-state index in [1.54, 1.807) is 19.2 Å². The van der Waals surface area contributed by atoms with Crippen LogP contribution in [0.4, 0.5) is 0 Å². The molecule has 0 aliphatic rings. The summed E-state index contributed by atoms with van der Waals surface area (Å²) in [6.07, 6.45) is 1.48. The van der Waals surface area contributed by atoms with Gasteiger partial charge < -0.3 is 23.8 Å². The van der Waals surface area contributed by atoms with E-state index in [0.29, 0.717) is 13.2 Å². The van der Waals surface area contributed by atoms with Gasteiger partial charge in [-0.25, -0.2) is 4.98 Å². The third-order valence-electron chi connectivity index (χ3n) is 4.79. The average Bonchev–Trinajstić information content (AvgIpc) is 3.43. The van der Waals surface area contributed by atoms with Crippen LogP contribution in [0.2, 0.25) is 0 Å². The highest BCUT2D eigenvalue weighted by molar-refractivity contribution is 5.91. The second-order valence-corrected chi connectivity index (χ2v) is 6.81. The molecule has 1 atom stereocenters. The molecule has 2 aromatic heterocycles. The molecule has 0 unspecified atom stereocenters. The van der Waals surface area contributed by atoms with Gasteiger partial charge in [0.25, 0.3) is 5.91 Å². The average molecular weight is 405 g/mol. The molecular weight excluding hydrogens is 382 g/mol. The molecule has 1 amide bonds. The molecule has 1 N–H and O–H groups in total. The molecule has 0 fully saturated rings. The maximum atomic E-state index is 12.4. The Morgan fingerprint density at radius 3 is 2.77 bits per heavy atom. The van der Waals surface area contributed by atoms with Crippen molar-refractivity contribution in [2.75, 3.05) is 13.7 Å². The third-order valence-corrected chi connectivity index (χ3v) is 4.79. The second-order valence-electron chi connectivity index (χ2n) is 6.81. The fourth-order valence-corrected chi connectivity index (χ4v) is 3.35. The highest BCUT2D eigenvalue weighted by Crippen LogP contribution is 2.22. The number of hydrogen-bond donors (Lipinski definition) is 1. The molecule has 0 radical (unpaired) electrons. The molecule has 4 aromatic rings. The van der Waals surface area contributed by atoms with Crippen LogP contribution in [0, 0.1) is 0 Å². The summed E-state index contributed by atoms with van der Waals surface area (Å²) in [5.74, 6) is 2.23. The van der Waals surface area contributed by atoms with Gasteiger partial charge in [0.15, 0.2) is 5.76 Å². The number of fused-ring (bicyclic) bond motifs is 1. The third kappa shape index (κ3) is 4.15. The number of aromatic nitrogens is 2. The Labute approximate surface area is 174 Å². The number of hydrogen-bond acceptors (Lipinski definition) is 5. The Bertz CT molecular complexity index is 1130. The van der Waals surface area contributed by atoms with E-state index in [2.05, 4.69) is 9.88 Å². The Morgan fingerprint density at radius 2 is 1.97 bits per heavy atom. The van der Waals surface area contributed by atoms with Crippen LogP contribution in [0.1, 0.15) is 29.3 Å². The van der Waals surface area contributed by atoms with Crippen molar-refractivity contribution in [2.24, 2.45) is 0 Å². The van der Waals surface area contributed by atoms with E-state index in [9.17, 15) is 4.79 Å². The quantitative estimate of drug-likeness (QED) is 0.475. The first kappa shape index (κ1) is 19.6. The lowest BCUT2D eigenvalue weighted by Crippen LogP contribution is -2.28. The van der Waals surface area contributed by atoms with Crippen molar-refractivity contribution in [3.63, 3.8) is 0 Å². The van der Waals surface area contributed by atoms with Crippen molar-refractivity contribution >= 4 is 16.9 Å². The Kier molecular flexibility index (Phi) is 5.70. The van der Waals surface area contributed by atoms with Crippen LogP contribution in [0.15, 0.2) is 71.3 Å². The van der Waals surface area contributed by atoms with Gasteiger partial charge in [0, 0.05) is 6.07 Å². The number of methoxy groups -OCH3 is 1. The number of nitrogens with zero attached hydrogens (tertiary/aromatic N) is 2. The minimum absolute atomic E-state index is 0.269. The molecular formula is C23H23N3O4. The number of furan rings is 1. The van der Waals surface area contributed by atoms with Gasteiger partial charge in [0.05, 0.1) is 37.0 Å². The number of rotatable bonds is 8. The van der Waals surface area contributed by atoms with Crippen LogP contribution in [0.25, 0.3) is 11.0 Å². The highest BCUT2D eigenvalue weighted by atomic mass is 16.5. The molecule has 0 aliphatic carbocycles. The lowest BCUT2D eigenvalue weighted by atomic mass is 10.3. The van der Waals surface area contributed by atoms with Gasteiger partial charge >= 0.3 is 0 Å². The summed E-state index contributed by atoms with van der Waals surface area (Å²) in [5.41, 5.74) is 1.86. The van der Waals surface area contributed by atoms with Crippen LogP contribution in [0.5, 0.6) is 11.5 Å². The van der Waals surface area contributed by atoms with E-state index in [-0.39, 0.29) is 17.7 Å². The van der Waals surface area contributed by atoms with Crippen molar-refractivity contribution in [1.82, 2.24) is 14.9 Å². The summed E-state index contributed by atoms with van der Waals surface area (Å²) >= 11 is 0. The fourth-order valence-electron chi connectivity index (χ4n) is 3.35. The molecule has 0 saturated heterocycles. The Balaban J connectivity index is 1.53. The van der Waals surface area contributed by atoms with E-state index >= 15 is 0 Å². The predicted molar refractivity (Wildman–Crippen MR) is 113 cm³/mol. The van der Waals surface area contributed by atoms with Crippen LogP contribution < -0.4 is 14.8 Å². The topological polar surface area (TPSA) is 78.5 Å². The standard InChI is InChI=1S/C23H23N3O4/c1-16(24-23(27)21-11-6-13-30-21)22-25-19-9-3-4-10-20(19)26(22)12-14-29-18-8-5-7-17(15-18)28-2/h3-11,13,15-16H,12,14H2,1-2H3,(H,24,27)/t16-/m1/s1.